The molecule has 7 heteroatoms. The third-order valence-electron chi connectivity index (χ3n) is 5.00. The molecule has 2 aromatic rings. The molecule has 1 aromatic carbocycles. The minimum atomic E-state index is -0.569. The van der Waals surface area contributed by atoms with Gasteiger partial charge in [-0.25, -0.2) is 13.9 Å². The van der Waals surface area contributed by atoms with Crippen molar-refractivity contribution in [3.05, 3.63) is 53.2 Å². The van der Waals surface area contributed by atoms with E-state index in [0.29, 0.717) is 22.8 Å². The molecule has 26 heavy (non-hydrogen) atoms. The number of nitrogens with one attached hydrogen (secondary N) is 1. The first kappa shape index (κ1) is 16.8. The first-order valence-corrected chi connectivity index (χ1v) is 8.97. The van der Waals surface area contributed by atoms with Crippen molar-refractivity contribution in [1.29, 1.82) is 0 Å². The number of rotatable bonds is 3. The van der Waals surface area contributed by atoms with Crippen molar-refractivity contribution >= 4 is 11.9 Å². The number of benzene rings is 1. The Hall–Kier alpha value is -2.70. The van der Waals surface area contributed by atoms with Crippen molar-refractivity contribution in [1.82, 2.24) is 14.8 Å². The first-order valence-electron chi connectivity index (χ1n) is 8.97. The summed E-state index contributed by atoms with van der Waals surface area (Å²) in [5.41, 5.74) is 1.73. The molecule has 1 fully saturated rings. The summed E-state index contributed by atoms with van der Waals surface area (Å²) in [6.45, 7) is 1.81. The first-order chi connectivity index (χ1) is 12.6. The summed E-state index contributed by atoms with van der Waals surface area (Å²) in [6.07, 6.45) is 6.49. The van der Waals surface area contributed by atoms with Crippen LogP contribution in [0.2, 0.25) is 0 Å². The summed E-state index contributed by atoms with van der Waals surface area (Å²) in [7, 11) is 0. The predicted molar refractivity (Wildman–Crippen MR) is 93.8 cm³/mol. The van der Waals surface area contributed by atoms with E-state index in [-0.39, 0.29) is 17.9 Å². The zero-order chi connectivity index (χ0) is 18.1. The summed E-state index contributed by atoms with van der Waals surface area (Å²) in [5, 5.41) is 7.33. The summed E-state index contributed by atoms with van der Waals surface area (Å²) < 4.78 is 21.2. The van der Waals surface area contributed by atoms with Crippen LogP contribution in [-0.4, -0.2) is 26.8 Å². The maximum absolute atomic E-state index is 13.8. The standard InChI is InChI=1S/C19H21FN4O2/c1-12-16(18(25)26-15-8-3-2-4-9-15)17(13-6-5-7-14(20)10-13)24-19(23-12)21-11-22-24/h5-7,10-11,15,17H,2-4,8-9H2,1H3,(H,21,22,23)/t17-/m1/s1. The van der Waals surface area contributed by atoms with Crippen LogP contribution in [0.1, 0.15) is 50.6 Å². The molecule has 0 saturated heterocycles. The van der Waals surface area contributed by atoms with Crippen molar-refractivity contribution in [3.8, 4) is 0 Å². The van der Waals surface area contributed by atoms with E-state index in [1.807, 2.05) is 6.92 Å². The third kappa shape index (κ3) is 3.09. The van der Waals surface area contributed by atoms with E-state index >= 15 is 0 Å². The van der Waals surface area contributed by atoms with Gasteiger partial charge in [-0.1, -0.05) is 18.6 Å². The minimum absolute atomic E-state index is 0.0538. The lowest BCUT2D eigenvalue weighted by molar-refractivity contribution is -0.146. The van der Waals surface area contributed by atoms with Crippen LogP contribution in [0.3, 0.4) is 0 Å². The van der Waals surface area contributed by atoms with Crippen molar-refractivity contribution in [2.75, 3.05) is 5.32 Å². The lowest BCUT2D eigenvalue weighted by Crippen LogP contribution is -2.32. The molecular formula is C19H21FN4O2. The molecule has 2 aliphatic rings. The van der Waals surface area contributed by atoms with Gasteiger partial charge in [-0.05, 0) is 50.3 Å². The van der Waals surface area contributed by atoms with E-state index in [2.05, 4.69) is 15.4 Å². The van der Waals surface area contributed by atoms with Crippen LogP contribution in [0, 0.1) is 5.82 Å². The molecule has 1 aromatic heterocycles. The fraction of sp³-hybridized carbons (Fsp3) is 0.421. The van der Waals surface area contributed by atoms with Crippen molar-refractivity contribution < 1.29 is 13.9 Å². The number of fused-ring (bicyclic) bond motifs is 1. The molecule has 4 rings (SSSR count). The number of carbonyl (C=O) groups is 1. The maximum Gasteiger partial charge on any atom is 0.338 e. The number of aromatic nitrogens is 3. The van der Waals surface area contributed by atoms with Gasteiger partial charge < -0.3 is 10.1 Å². The van der Waals surface area contributed by atoms with Gasteiger partial charge >= 0.3 is 5.97 Å². The molecule has 0 bridgehead atoms. The van der Waals surface area contributed by atoms with Crippen molar-refractivity contribution in [3.63, 3.8) is 0 Å². The van der Waals surface area contributed by atoms with Gasteiger partial charge in [0.15, 0.2) is 0 Å². The molecule has 1 saturated carbocycles. The average Bonchev–Trinajstić information content (AvgIpc) is 3.09. The lowest BCUT2D eigenvalue weighted by atomic mass is 9.95. The fourth-order valence-corrected chi connectivity index (χ4v) is 3.74. The fourth-order valence-electron chi connectivity index (χ4n) is 3.74. The van der Waals surface area contributed by atoms with Crippen LogP contribution < -0.4 is 5.32 Å². The Morgan fingerprint density at radius 3 is 2.88 bits per heavy atom. The second-order valence-electron chi connectivity index (χ2n) is 6.81. The molecule has 0 amide bonds. The molecule has 1 aliphatic carbocycles. The second-order valence-corrected chi connectivity index (χ2v) is 6.81. The quantitative estimate of drug-likeness (QED) is 0.852. The minimum Gasteiger partial charge on any atom is -0.459 e. The van der Waals surface area contributed by atoms with E-state index in [0.717, 1.165) is 25.7 Å². The normalized spacial score (nSPS) is 20.5. The largest absolute Gasteiger partial charge is 0.459 e. The molecule has 2 heterocycles. The van der Waals surface area contributed by atoms with Gasteiger partial charge in [-0.2, -0.15) is 10.1 Å². The molecule has 136 valence electrons. The monoisotopic (exact) mass is 356 g/mol. The number of hydrogen-bond donors (Lipinski definition) is 1. The van der Waals surface area contributed by atoms with Crippen LogP contribution >= 0.6 is 0 Å². The molecule has 0 spiro atoms. The Morgan fingerprint density at radius 1 is 1.31 bits per heavy atom. The number of carbonyl (C=O) groups excluding carboxylic acids is 1. The Balaban J connectivity index is 1.71. The zero-order valence-electron chi connectivity index (χ0n) is 14.6. The highest BCUT2D eigenvalue weighted by Gasteiger charge is 2.35. The average molecular weight is 356 g/mol. The van der Waals surface area contributed by atoms with E-state index in [1.54, 1.807) is 16.8 Å². The van der Waals surface area contributed by atoms with Gasteiger partial charge in [0.25, 0.3) is 0 Å². The highest BCUT2D eigenvalue weighted by Crippen LogP contribution is 2.36. The van der Waals surface area contributed by atoms with Crippen molar-refractivity contribution in [2.24, 2.45) is 0 Å². The second kappa shape index (κ2) is 6.90. The molecular weight excluding hydrogens is 335 g/mol. The Labute approximate surface area is 151 Å². The Kier molecular flexibility index (Phi) is 4.44. The predicted octanol–water partition coefficient (Wildman–Crippen LogP) is 3.58. The summed E-state index contributed by atoms with van der Waals surface area (Å²) in [4.78, 5) is 17.2. The number of ether oxygens (including phenoxy) is 1. The summed E-state index contributed by atoms with van der Waals surface area (Å²) in [5.74, 6) is -0.219. The topological polar surface area (TPSA) is 69.0 Å². The Bertz CT molecular complexity index is 855. The molecule has 6 nitrogen and oxygen atoms in total. The number of hydrogen-bond acceptors (Lipinski definition) is 5. The number of halogens is 1. The van der Waals surface area contributed by atoms with E-state index in [4.69, 9.17) is 4.74 Å². The van der Waals surface area contributed by atoms with Gasteiger partial charge in [-0.15, -0.1) is 0 Å². The van der Waals surface area contributed by atoms with Crippen LogP contribution in [-0.2, 0) is 9.53 Å². The smallest absolute Gasteiger partial charge is 0.338 e. The zero-order valence-corrected chi connectivity index (χ0v) is 14.6. The molecule has 0 unspecified atom stereocenters. The third-order valence-corrected chi connectivity index (χ3v) is 5.00. The van der Waals surface area contributed by atoms with Crippen LogP contribution in [0.4, 0.5) is 10.3 Å². The highest BCUT2D eigenvalue weighted by molar-refractivity contribution is 5.92. The van der Waals surface area contributed by atoms with Gasteiger partial charge in [-0.3, -0.25) is 0 Å². The molecule has 1 aliphatic heterocycles. The lowest BCUT2D eigenvalue weighted by Gasteiger charge is -2.30. The van der Waals surface area contributed by atoms with E-state index in [1.165, 1.54) is 24.9 Å². The maximum atomic E-state index is 13.8. The van der Waals surface area contributed by atoms with Gasteiger partial charge in [0.05, 0.1) is 5.57 Å². The number of nitrogens with zero attached hydrogens (tertiary/aromatic N) is 3. The summed E-state index contributed by atoms with van der Waals surface area (Å²) >= 11 is 0. The van der Waals surface area contributed by atoms with Crippen LogP contribution in [0.5, 0.6) is 0 Å². The Morgan fingerprint density at radius 2 is 2.12 bits per heavy atom. The number of esters is 1. The number of allylic oxidation sites excluding steroid dienone is 1. The van der Waals surface area contributed by atoms with Gasteiger partial charge in [0, 0.05) is 5.70 Å². The van der Waals surface area contributed by atoms with E-state index in [9.17, 15) is 9.18 Å². The van der Waals surface area contributed by atoms with E-state index < -0.39 is 6.04 Å². The molecule has 1 N–H and O–H groups in total. The highest BCUT2D eigenvalue weighted by atomic mass is 19.1. The van der Waals surface area contributed by atoms with Gasteiger partial charge in [0.2, 0.25) is 5.95 Å². The van der Waals surface area contributed by atoms with Crippen LogP contribution in [0.25, 0.3) is 0 Å². The van der Waals surface area contributed by atoms with Gasteiger partial charge in [0.1, 0.15) is 24.3 Å². The molecule has 0 radical (unpaired) electrons. The molecule has 1 atom stereocenters. The number of anilines is 1. The SMILES string of the molecule is CC1=C(C(=O)OC2CCCCC2)[C@@H](c2cccc(F)c2)n2ncnc2N1. The van der Waals surface area contributed by atoms with Crippen molar-refractivity contribution in [2.45, 2.75) is 51.2 Å². The summed E-state index contributed by atoms with van der Waals surface area (Å²) in [6, 6.07) is 5.64. The van der Waals surface area contributed by atoms with Crippen LogP contribution in [0.15, 0.2) is 41.9 Å².